The molecule has 1 fully saturated rings. The maximum atomic E-state index is 13.6. The maximum absolute atomic E-state index is 13.6. The molecule has 0 saturated heterocycles. The minimum atomic E-state index is -0.318. The van der Waals surface area contributed by atoms with E-state index in [1.165, 1.54) is 13.2 Å². The number of carbonyl (C=O) groups is 1. The average Bonchev–Trinajstić information content (AvgIpc) is 2.39. The van der Waals surface area contributed by atoms with Crippen LogP contribution in [0.4, 0.5) is 4.39 Å². The lowest BCUT2D eigenvalue weighted by Gasteiger charge is -2.21. The molecule has 2 rings (SSSR count). The Morgan fingerprint density at radius 1 is 1.33 bits per heavy atom. The van der Waals surface area contributed by atoms with E-state index in [-0.39, 0.29) is 18.5 Å². The van der Waals surface area contributed by atoms with E-state index in [1.807, 2.05) is 0 Å². The van der Waals surface area contributed by atoms with Crippen LogP contribution in [0.15, 0.2) is 18.2 Å². The number of methoxy groups -OCH3 is 1. The van der Waals surface area contributed by atoms with Crippen LogP contribution in [0.2, 0.25) is 0 Å². The highest BCUT2D eigenvalue weighted by atomic mass is 19.1. The molecule has 4 heteroatoms. The summed E-state index contributed by atoms with van der Waals surface area (Å²) in [4.78, 5) is 11.1. The molecule has 0 N–H and O–H groups in total. The fraction of sp³-hybridized carbons (Fsp3) is 0.500. The van der Waals surface area contributed by atoms with Gasteiger partial charge < -0.3 is 9.47 Å². The normalized spacial score (nSPS) is 16.9. The highest BCUT2D eigenvalue weighted by Gasteiger charge is 2.19. The third-order valence-corrected chi connectivity index (χ3v) is 3.23. The Bertz CT molecular complexity index is 421. The van der Waals surface area contributed by atoms with E-state index in [0.29, 0.717) is 29.9 Å². The fourth-order valence-electron chi connectivity index (χ4n) is 2.06. The van der Waals surface area contributed by atoms with Crippen molar-refractivity contribution in [3.63, 3.8) is 0 Å². The molecule has 1 aromatic rings. The predicted octanol–water partition coefficient (Wildman–Crippen LogP) is 2.86. The molecule has 0 aliphatic heterocycles. The van der Waals surface area contributed by atoms with Gasteiger partial charge in [-0.1, -0.05) is 6.07 Å². The Hall–Kier alpha value is -1.42. The monoisotopic (exact) mass is 252 g/mol. The van der Waals surface area contributed by atoms with Crippen molar-refractivity contribution in [2.45, 2.75) is 38.4 Å². The minimum absolute atomic E-state index is 0.0733. The SMILES string of the molecule is COc1ccc(COC2CCC(=O)CC2)c(F)c1. The van der Waals surface area contributed by atoms with Crippen LogP contribution in [0.1, 0.15) is 31.2 Å². The zero-order valence-corrected chi connectivity index (χ0v) is 10.4. The van der Waals surface area contributed by atoms with Crippen LogP contribution >= 0.6 is 0 Å². The first-order chi connectivity index (χ1) is 8.69. The highest BCUT2D eigenvalue weighted by Crippen LogP contribution is 2.21. The van der Waals surface area contributed by atoms with Crippen LogP contribution in [0.5, 0.6) is 5.75 Å². The molecular weight excluding hydrogens is 235 g/mol. The molecule has 98 valence electrons. The van der Waals surface area contributed by atoms with Crippen molar-refractivity contribution in [2.75, 3.05) is 7.11 Å². The van der Waals surface area contributed by atoms with Crippen LogP contribution in [0.25, 0.3) is 0 Å². The second kappa shape index (κ2) is 5.96. The molecule has 18 heavy (non-hydrogen) atoms. The van der Waals surface area contributed by atoms with Gasteiger partial charge in [0.25, 0.3) is 0 Å². The molecule has 0 spiro atoms. The quantitative estimate of drug-likeness (QED) is 0.826. The Balaban J connectivity index is 1.88. The van der Waals surface area contributed by atoms with Gasteiger partial charge in [0.2, 0.25) is 0 Å². The van der Waals surface area contributed by atoms with Crippen molar-refractivity contribution in [1.29, 1.82) is 0 Å². The van der Waals surface area contributed by atoms with Crippen molar-refractivity contribution in [2.24, 2.45) is 0 Å². The van der Waals surface area contributed by atoms with E-state index in [4.69, 9.17) is 9.47 Å². The van der Waals surface area contributed by atoms with E-state index in [1.54, 1.807) is 12.1 Å². The molecule has 0 radical (unpaired) electrons. The van der Waals surface area contributed by atoms with Crippen LogP contribution in [-0.4, -0.2) is 19.0 Å². The number of carbonyl (C=O) groups excluding carboxylic acids is 1. The van der Waals surface area contributed by atoms with Gasteiger partial charge in [0.15, 0.2) is 0 Å². The third-order valence-electron chi connectivity index (χ3n) is 3.23. The first kappa shape index (κ1) is 13.0. The van der Waals surface area contributed by atoms with Crippen molar-refractivity contribution in [3.8, 4) is 5.75 Å². The average molecular weight is 252 g/mol. The van der Waals surface area contributed by atoms with Gasteiger partial charge in [-0.15, -0.1) is 0 Å². The molecule has 0 bridgehead atoms. The van der Waals surface area contributed by atoms with Gasteiger partial charge in [0, 0.05) is 24.5 Å². The van der Waals surface area contributed by atoms with E-state index >= 15 is 0 Å². The minimum Gasteiger partial charge on any atom is -0.497 e. The number of hydrogen-bond acceptors (Lipinski definition) is 3. The van der Waals surface area contributed by atoms with Crippen molar-refractivity contribution in [3.05, 3.63) is 29.6 Å². The molecule has 0 atom stereocenters. The van der Waals surface area contributed by atoms with E-state index < -0.39 is 0 Å². The summed E-state index contributed by atoms with van der Waals surface area (Å²) in [6, 6.07) is 4.73. The van der Waals surface area contributed by atoms with E-state index in [2.05, 4.69) is 0 Å². The largest absolute Gasteiger partial charge is 0.497 e. The lowest BCUT2D eigenvalue weighted by Crippen LogP contribution is -2.21. The van der Waals surface area contributed by atoms with Gasteiger partial charge >= 0.3 is 0 Å². The zero-order chi connectivity index (χ0) is 13.0. The van der Waals surface area contributed by atoms with E-state index in [0.717, 1.165) is 12.8 Å². The Morgan fingerprint density at radius 2 is 2.06 bits per heavy atom. The summed E-state index contributed by atoms with van der Waals surface area (Å²) < 4.78 is 24.2. The standard InChI is InChI=1S/C14H17FO3/c1-17-13-5-2-10(14(15)8-13)9-18-12-6-3-11(16)4-7-12/h2,5,8,12H,3-4,6-7,9H2,1H3. The number of ketones is 1. The summed E-state index contributed by atoms with van der Waals surface area (Å²) >= 11 is 0. The summed E-state index contributed by atoms with van der Waals surface area (Å²) in [5.74, 6) is 0.478. The fourth-order valence-corrected chi connectivity index (χ4v) is 2.06. The van der Waals surface area contributed by atoms with Crippen molar-refractivity contribution in [1.82, 2.24) is 0 Å². The number of ether oxygens (including phenoxy) is 2. The highest BCUT2D eigenvalue weighted by molar-refractivity contribution is 5.79. The summed E-state index contributed by atoms with van der Waals surface area (Å²) in [5, 5.41) is 0. The van der Waals surface area contributed by atoms with Gasteiger partial charge in [-0.05, 0) is 18.9 Å². The summed E-state index contributed by atoms with van der Waals surface area (Å²) in [6.07, 6.45) is 2.72. The Kier molecular flexibility index (Phi) is 4.31. The lowest BCUT2D eigenvalue weighted by atomic mass is 9.96. The molecule has 0 aromatic heterocycles. The molecule has 1 saturated carbocycles. The van der Waals surface area contributed by atoms with Gasteiger partial charge in [0.05, 0.1) is 19.8 Å². The Labute approximate surface area is 106 Å². The molecule has 1 aliphatic carbocycles. The van der Waals surface area contributed by atoms with Gasteiger partial charge in [0.1, 0.15) is 17.3 Å². The second-order valence-corrected chi connectivity index (χ2v) is 4.51. The molecule has 1 aliphatic rings. The number of hydrogen-bond donors (Lipinski definition) is 0. The van der Waals surface area contributed by atoms with Gasteiger partial charge in [-0.25, -0.2) is 4.39 Å². The molecule has 0 unspecified atom stereocenters. The van der Waals surface area contributed by atoms with Crippen LogP contribution in [-0.2, 0) is 16.1 Å². The van der Waals surface area contributed by atoms with Crippen LogP contribution in [0.3, 0.4) is 0 Å². The molecule has 0 heterocycles. The molecule has 1 aromatic carbocycles. The van der Waals surface area contributed by atoms with Crippen LogP contribution < -0.4 is 4.74 Å². The molecular formula is C14H17FO3. The summed E-state index contributed by atoms with van der Waals surface area (Å²) in [5.41, 5.74) is 0.521. The molecule has 3 nitrogen and oxygen atoms in total. The van der Waals surface area contributed by atoms with Gasteiger partial charge in [-0.3, -0.25) is 4.79 Å². The van der Waals surface area contributed by atoms with Crippen LogP contribution in [0, 0.1) is 5.82 Å². The summed E-state index contributed by atoms with van der Waals surface area (Å²) in [6.45, 7) is 0.245. The number of benzene rings is 1. The van der Waals surface area contributed by atoms with Crippen molar-refractivity contribution < 1.29 is 18.7 Å². The Morgan fingerprint density at radius 3 is 2.67 bits per heavy atom. The van der Waals surface area contributed by atoms with Gasteiger partial charge in [-0.2, -0.15) is 0 Å². The van der Waals surface area contributed by atoms with E-state index in [9.17, 15) is 9.18 Å². The smallest absolute Gasteiger partial charge is 0.133 e. The van der Waals surface area contributed by atoms with Crippen molar-refractivity contribution >= 4 is 5.78 Å². The third kappa shape index (κ3) is 3.29. The molecule has 0 amide bonds. The zero-order valence-electron chi connectivity index (χ0n) is 10.4. The number of rotatable bonds is 4. The first-order valence-electron chi connectivity index (χ1n) is 6.15. The topological polar surface area (TPSA) is 35.5 Å². The number of halogens is 1. The maximum Gasteiger partial charge on any atom is 0.133 e. The number of Topliss-reactive ketones (excluding diaryl/α,β-unsaturated/α-hetero) is 1. The lowest BCUT2D eigenvalue weighted by molar-refractivity contribution is -0.123. The first-order valence-corrected chi connectivity index (χ1v) is 6.15. The predicted molar refractivity (Wildman–Crippen MR) is 65.0 cm³/mol. The second-order valence-electron chi connectivity index (χ2n) is 4.51. The summed E-state index contributed by atoms with van der Waals surface area (Å²) in [7, 11) is 1.50.